The number of hydrogen-bond acceptors (Lipinski definition) is 4. The molecule has 1 amide bonds. The summed E-state index contributed by atoms with van der Waals surface area (Å²) in [5.41, 5.74) is 4.69. The predicted molar refractivity (Wildman–Crippen MR) is 68.2 cm³/mol. The summed E-state index contributed by atoms with van der Waals surface area (Å²) in [5.74, 6) is -0.310. The third kappa shape index (κ3) is 3.02. The second-order valence-electron chi connectivity index (χ2n) is 5.97. The quantitative estimate of drug-likeness (QED) is 0.774. The highest BCUT2D eigenvalue weighted by Gasteiger charge is 2.40. The van der Waals surface area contributed by atoms with Crippen molar-refractivity contribution in [3.63, 3.8) is 0 Å². The zero-order chi connectivity index (χ0) is 13.2. The van der Waals surface area contributed by atoms with E-state index < -0.39 is 5.54 Å². The molecule has 18 heavy (non-hydrogen) atoms. The maximum Gasteiger partial charge on any atom is 0.237 e. The first kappa shape index (κ1) is 13.8. The monoisotopic (exact) mass is 256 g/mol. The van der Waals surface area contributed by atoms with Gasteiger partial charge in [-0.25, -0.2) is 0 Å². The first-order valence-corrected chi connectivity index (χ1v) is 6.73. The minimum atomic E-state index is -0.658. The van der Waals surface area contributed by atoms with Gasteiger partial charge in [0.05, 0.1) is 11.1 Å². The molecule has 104 valence electrons. The van der Waals surface area contributed by atoms with Gasteiger partial charge in [0.25, 0.3) is 0 Å². The van der Waals surface area contributed by atoms with Gasteiger partial charge in [0, 0.05) is 25.9 Å². The number of nitrogens with two attached hydrogens (primary N) is 1. The van der Waals surface area contributed by atoms with Crippen molar-refractivity contribution in [1.29, 1.82) is 0 Å². The Balaban J connectivity index is 1.96. The summed E-state index contributed by atoms with van der Waals surface area (Å²) in [6.07, 6.45) is 3.76. The molecule has 1 spiro atoms. The number of nitrogens with one attached hydrogen (secondary N) is 1. The van der Waals surface area contributed by atoms with Crippen molar-refractivity contribution in [2.45, 2.75) is 56.7 Å². The van der Waals surface area contributed by atoms with Crippen molar-refractivity contribution in [3.8, 4) is 0 Å². The molecule has 5 heteroatoms. The maximum atomic E-state index is 11.4. The molecule has 2 heterocycles. The van der Waals surface area contributed by atoms with Crippen LogP contribution in [-0.2, 0) is 14.3 Å². The minimum Gasteiger partial charge on any atom is -0.381 e. The van der Waals surface area contributed by atoms with Crippen molar-refractivity contribution in [1.82, 2.24) is 5.32 Å². The average Bonchev–Trinajstić information content (AvgIpc) is 2.29. The first-order chi connectivity index (χ1) is 8.44. The van der Waals surface area contributed by atoms with Crippen LogP contribution in [0.5, 0.6) is 0 Å². The molecule has 0 aromatic rings. The van der Waals surface area contributed by atoms with Crippen molar-refractivity contribution >= 4 is 5.91 Å². The third-order valence-corrected chi connectivity index (χ3v) is 4.08. The largest absolute Gasteiger partial charge is 0.381 e. The molecule has 2 fully saturated rings. The molecule has 5 nitrogen and oxygen atoms in total. The molecular formula is C13H24N2O3. The topological polar surface area (TPSA) is 73.6 Å². The lowest BCUT2D eigenvalue weighted by atomic mass is 9.83. The fourth-order valence-electron chi connectivity index (χ4n) is 2.82. The lowest BCUT2D eigenvalue weighted by molar-refractivity contribution is -0.144. The van der Waals surface area contributed by atoms with E-state index in [-0.39, 0.29) is 11.5 Å². The van der Waals surface area contributed by atoms with Crippen LogP contribution in [0.3, 0.4) is 0 Å². The van der Waals surface area contributed by atoms with E-state index in [9.17, 15) is 4.79 Å². The second kappa shape index (κ2) is 5.15. The van der Waals surface area contributed by atoms with Gasteiger partial charge in [-0.2, -0.15) is 0 Å². The number of rotatable bonds is 3. The molecule has 0 bridgehead atoms. The number of carbonyl (C=O) groups excluding carboxylic acids is 1. The van der Waals surface area contributed by atoms with E-state index in [1.165, 1.54) is 0 Å². The van der Waals surface area contributed by atoms with Gasteiger partial charge in [-0.3, -0.25) is 4.79 Å². The summed E-state index contributed by atoms with van der Waals surface area (Å²) < 4.78 is 11.4. The van der Waals surface area contributed by atoms with Crippen LogP contribution in [0.4, 0.5) is 0 Å². The Morgan fingerprint density at radius 3 is 2.61 bits per heavy atom. The zero-order valence-electron chi connectivity index (χ0n) is 11.3. The number of ether oxygens (including phenoxy) is 2. The van der Waals surface area contributed by atoms with Crippen LogP contribution in [-0.4, -0.2) is 42.9 Å². The van der Waals surface area contributed by atoms with Crippen LogP contribution >= 0.6 is 0 Å². The summed E-state index contributed by atoms with van der Waals surface area (Å²) in [5, 5.41) is 3.37. The van der Waals surface area contributed by atoms with Gasteiger partial charge >= 0.3 is 0 Å². The Morgan fingerprint density at radius 2 is 2.00 bits per heavy atom. The highest BCUT2D eigenvalue weighted by molar-refractivity contribution is 5.83. The molecule has 0 saturated carbocycles. The third-order valence-electron chi connectivity index (χ3n) is 4.08. The average molecular weight is 256 g/mol. The number of hydrogen-bond donors (Lipinski definition) is 2. The lowest BCUT2D eigenvalue weighted by Gasteiger charge is -2.45. The summed E-state index contributed by atoms with van der Waals surface area (Å²) >= 11 is 0. The fraction of sp³-hybridized carbons (Fsp3) is 0.923. The van der Waals surface area contributed by atoms with Crippen LogP contribution in [0.2, 0.25) is 0 Å². The van der Waals surface area contributed by atoms with Crippen LogP contribution in [0.1, 0.15) is 39.5 Å². The molecule has 2 aliphatic heterocycles. The molecule has 2 saturated heterocycles. The summed E-state index contributed by atoms with van der Waals surface area (Å²) in [6.45, 7) is 5.95. The van der Waals surface area contributed by atoms with E-state index in [4.69, 9.17) is 15.2 Å². The normalized spacial score (nSPS) is 28.2. The van der Waals surface area contributed by atoms with Crippen molar-refractivity contribution in [2.75, 3.05) is 19.8 Å². The van der Waals surface area contributed by atoms with Gasteiger partial charge in [-0.1, -0.05) is 0 Å². The molecule has 1 atom stereocenters. The summed E-state index contributed by atoms with van der Waals surface area (Å²) in [6, 6.07) is 0.291. The van der Waals surface area contributed by atoms with Crippen LogP contribution in [0.15, 0.2) is 0 Å². The Morgan fingerprint density at radius 1 is 1.33 bits per heavy atom. The van der Waals surface area contributed by atoms with Crippen LogP contribution in [0, 0.1) is 0 Å². The number of primary amides is 1. The Kier molecular flexibility index (Phi) is 3.94. The number of carbonyl (C=O) groups is 1. The molecule has 0 aromatic heterocycles. The molecule has 0 aromatic carbocycles. The van der Waals surface area contributed by atoms with Crippen LogP contribution < -0.4 is 11.1 Å². The molecule has 3 N–H and O–H groups in total. The highest BCUT2D eigenvalue weighted by Crippen LogP contribution is 2.34. The summed E-state index contributed by atoms with van der Waals surface area (Å²) in [4.78, 5) is 11.4. The standard InChI is InChI=1S/C13H24N2O3/c1-12(2,11(14)16)15-10-3-6-18-13(9-10)4-7-17-8-5-13/h10,15H,3-9H2,1-2H3,(H2,14,16). The number of amides is 1. The second-order valence-corrected chi connectivity index (χ2v) is 5.97. The molecule has 2 rings (SSSR count). The van der Waals surface area contributed by atoms with Gasteiger partial charge in [0.15, 0.2) is 0 Å². The smallest absolute Gasteiger partial charge is 0.237 e. The molecular weight excluding hydrogens is 232 g/mol. The SMILES string of the molecule is CC(C)(NC1CCOC2(CCOCC2)C1)C(N)=O. The first-order valence-electron chi connectivity index (χ1n) is 6.73. The van der Waals surface area contributed by atoms with Crippen LogP contribution in [0.25, 0.3) is 0 Å². The molecule has 0 radical (unpaired) electrons. The lowest BCUT2D eigenvalue weighted by Crippen LogP contribution is -2.58. The maximum absolute atomic E-state index is 11.4. The van der Waals surface area contributed by atoms with Gasteiger partial charge in [-0.15, -0.1) is 0 Å². The van der Waals surface area contributed by atoms with E-state index >= 15 is 0 Å². The predicted octanol–water partition coefficient (Wildman–Crippen LogP) is 0.568. The van der Waals surface area contributed by atoms with Gasteiger partial charge in [-0.05, 0) is 39.5 Å². The van der Waals surface area contributed by atoms with E-state index in [1.807, 2.05) is 13.8 Å². The zero-order valence-corrected chi connectivity index (χ0v) is 11.3. The minimum absolute atomic E-state index is 0.0537. The van der Waals surface area contributed by atoms with E-state index in [2.05, 4.69) is 5.32 Å². The van der Waals surface area contributed by atoms with Gasteiger partial charge in [0.2, 0.25) is 5.91 Å². The van der Waals surface area contributed by atoms with E-state index in [0.717, 1.165) is 45.5 Å². The van der Waals surface area contributed by atoms with Crippen molar-refractivity contribution < 1.29 is 14.3 Å². The fourth-order valence-corrected chi connectivity index (χ4v) is 2.82. The van der Waals surface area contributed by atoms with Gasteiger partial charge < -0.3 is 20.5 Å². The van der Waals surface area contributed by atoms with E-state index in [0.29, 0.717) is 6.04 Å². The molecule has 0 aliphatic carbocycles. The van der Waals surface area contributed by atoms with E-state index in [1.54, 1.807) is 0 Å². The Bertz CT molecular complexity index is 306. The molecule has 1 unspecified atom stereocenters. The highest BCUT2D eigenvalue weighted by atomic mass is 16.5. The Hall–Kier alpha value is -0.650. The van der Waals surface area contributed by atoms with Crippen molar-refractivity contribution in [3.05, 3.63) is 0 Å². The van der Waals surface area contributed by atoms with Crippen molar-refractivity contribution in [2.24, 2.45) is 5.73 Å². The molecule has 2 aliphatic rings. The van der Waals surface area contributed by atoms with Gasteiger partial charge in [0.1, 0.15) is 0 Å². The summed E-state index contributed by atoms with van der Waals surface area (Å²) in [7, 11) is 0. The Labute approximate surface area is 108 Å².